The van der Waals surface area contributed by atoms with Crippen molar-refractivity contribution in [2.75, 3.05) is 31.7 Å². The molecule has 0 aromatic carbocycles. The van der Waals surface area contributed by atoms with E-state index in [1.54, 1.807) is 4.90 Å². The van der Waals surface area contributed by atoms with Gasteiger partial charge in [-0.1, -0.05) is 0 Å². The van der Waals surface area contributed by atoms with Gasteiger partial charge in [0.05, 0.1) is 19.0 Å². The average molecular weight is 253 g/mol. The molecule has 0 radical (unpaired) electrons. The van der Waals surface area contributed by atoms with Crippen LogP contribution in [0.4, 0.5) is 5.82 Å². The standard InChI is InChI=1S/C11H19N5O2/c1-3-16(5-6-18-4-2)11(17)9-7-13-8-10(14-9)15-12/h7-8H,3-6,12H2,1-2H3,(H,14,15). The fourth-order valence-corrected chi connectivity index (χ4v) is 1.42. The molecule has 0 aliphatic carbocycles. The summed E-state index contributed by atoms with van der Waals surface area (Å²) in [5.41, 5.74) is 2.63. The molecule has 0 unspecified atom stereocenters. The molecular weight excluding hydrogens is 234 g/mol. The highest BCUT2D eigenvalue weighted by molar-refractivity contribution is 5.92. The first-order valence-electron chi connectivity index (χ1n) is 5.88. The van der Waals surface area contributed by atoms with Crippen LogP contribution in [0.5, 0.6) is 0 Å². The Morgan fingerprint density at radius 3 is 2.89 bits per heavy atom. The number of nitrogen functional groups attached to an aromatic ring is 1. The molecule has 0 saturated carbocycles. The number of ether oxygens (including phenoxy) is 1. The number of nitrogens with zero attached hydrogens (tertiary/aromatic N) is 3. The van der Waals surface area contributed by atoms with Gasteiger partial charge in [0.1, 0.15) is 5.69 Å². The minimum absolute atomic E-state index is 0.179. The van der Waals surface area contributed by atoms with Crippen molar-refractivity contribution in [3.05, 3.63) is 18.1 Å². The minimum atomic E-state index is -0.179. The van der Waals surface area contributed by atoms with Gasteiger partial charge in [-0.2, -0.15) is 0 Å². The molecule has 3 N–H and O–H groups in total. The number of amides is 1. The molecule has 1 amide bonds. The molecule has 0 atom stereocenters. The highest BCUT2D eigenvalue weighted by atomic mass is 16.5. The van der Waals surface area contributed by atoms with E-state index < -0.39 is 0 Å². The molecule has 7 nitrogen and oxygen atoms in total. The Morgan fingerprint density at radius 1 is 1.50 bits per heavy atom. The summed E-state index contributed by atoms with van der Waals surface area (Å²) in [5.74, 6) is 5.41. The van der Waals surface area contributed by atoms with Crippen LogP contribution in [-0.2, 0) is 4.74 Å². The third kappa shape index (κ3) is 3.94. The number of rotatable bonds is 7. The molecule has 0 saturated heterocycles. The molecule has 1 heterocycles. The first kappa shape index (κ1) is 14.3. The lowest BCUT2D eigenvalue weighted by atomic mass is 10.3. The number of hydrogen-bond donors (Lipinski definition) is 2. The Kier molecular flexibility index (Phi) is 6.03. The summed E-state index contributed by atoms with van der Waals surface area (Å²) in [6.07, 6.45) is 2.87. The van der Waals surface area contributed by atoms with Gasteiger partial charge in [0.25, 0.3) is 5.91 Å². The van der Waals surface area contributed by atoms with Crippen LogP contribution in [-0.4, -0.2) is 47.1 Å². The smallest absolute Gasteiger partial charge is 0.274 e. The number of hydrogen-bond acceptors (Lipinski definition) is 6. The second-order valence-electron chi connectivity index (χ2n) is 3.52. The van der Waals surface area contributed by atoms with Gasteiger partial charge in [-0.05, 0) is 13.8 Å². The van der Waals surface area contributed by atoms with Crippen molar-refractivity contribution in [2.24, 2.45) is 5.84 Å². The van der Waals surface area contributed by atoms with Gasteiger partial charge in [-0.25, -0.2) is 10.8 Å². The largest absolute Gasteiger partial charge is 0.380 e. The number of carbonyl (C=O) groups excluding carboxylic acids is 1. The monoisotopic (exact) mass is 253 g/mol. The lowest BCUT2D eigenvalue weighted by Crippen LogP contribution is -2.34. The minimum Gasteiger partial charge on any atom is -0.380 e. The lowest BCUT2D eigenvalue weighted by molar-refractivity contribution is 0.0663. The summed E-state index contributed by atoms with van der Waals surface area (Å²) in [5, 5.41) is 0. The summed E-state index contributed by atoms with van der Waals surface area (Å²) < 4.78 is 5.23. The predicted octanol–water partition coefficient (Wildman–Crippen LogP) is 0.261. The van der Waals surface area contributed by atoms with Crippen molar-refractivity contribution in [3.8, 4) is 0 Å². The molecule has 1 rings (SSSR count). The molecule has 0 fully saturated rings. The topological polar surface area (TPSA) is 93.4 Å². The Hall–Kier alpha value is -1.73. The van der Waals surface area contributed by atoms with Crippen molar-refractivity contribution in [3.63, 3.8) is 0 Å². The second-order valence-corrected chi connectivity index (χ2v) is 3.52. The first-order chi connectivity index (χ1) is 8.72. The lowest BCUT2D eigenvalue weighted by Gasteiger charge is -2.20. The molecule has 100 valence electrons. The van der Waals surface area contributed by atoms with E-state index in [1.165, 1.54) is 12.4 Å². The van der Waals surface area contributed by atoms with Crippen LogP contribution in [0.15, 0.2) is 12.4 Å². The van der Waals surface area contributed by atoms with Crippen molar-refractivity contribution >= 4 is 11.7 Å². The fourth-order valence-electron chi connectivity index (χ4n) is 1.42. The second kappa shape index (κ2) is 7.57. The third-order valence-electron chi connectivity index (χ3n) is 2.38. The Balaban J connectivity index is 2.69. The van der Waals surface area contributed by atoms with Gasteiger partial charge in [0, 0.05) is 19.7 Å². The van der Waals surface area contributed by atoms with Gasteiger partial charge in [-0.3, -0.25) is 9.78 Å². The number of carbonyl (C=O) groups is 1. The van der Waals surface area contributed by atoms with Crippen molar-refractivity contribution in [2.45, 2.75) is 13.8 Å². The van der Waals surface area contributed by atoms with E-state index in [0.717, 1.165) is 0 Å². The Bertz CT molecular complexity index is 385. The fraction of sp³-hybridized carbons (Fsp3) is 0.545. The quantitative estimate of drug-likeness (QED) is 0.411. The normalized spacial score (nSPS) is 10.2. The number of anilines is 1. The van der Waals surface area contributed by atoms with Gasteiger partial charge in [0.2, 0.25) is 0 Å². The zero-order valence-electron chi connectivity index (χ0n) is 10.7. The maximum atomic E-state index is 12.1. The molecule has 18 heavy (non-hydrogen) atoms. The van der Waals surface area contributed by atoms with Crippen molar-refractivity contribution in [1.29, 1.82) is 0 Å². The maximum Gasteiger partial charge on any atom is 0.274 e. The highest BCUT2D eigenvalue weighted by Crippen LogP contribution is 2.04. The molecule has 0 spiro atoms. The van der Waals surface area contributed by atoms with E-state index in [4.69, 9.17) is 10.6 Å². The van der Waals surface area contributed by atoms with E-state index in [0.29, 0.717) is 32.1 Å². The molecule has 7 heteroatoms. The highest BCUT2D eigenvalue weighted by Gasteiger charge is 2.16. The summed E-state index contributed by atoms with van der Waals surface area (Å²) in [4.78, 5) is 21.8. The summed E-state index contributed by atoms with van der Waals surface area (Å²) >= 11 is 0. The number of nitrogens with one attached hydrogen (secondary N) is 1. The maximum absolute atomic E-state index is 12.1. The summed E-state index contributed by atoms with van der Waals surface area (Å²) in [6.45, 7) is 6.09. The first-order valence-corrected chi connectivity index (χ1v) is 5.88. The van der Waals surface area contributed by atoms with Crippen LogP contribution in [0.1, 0.15) is 24.3 Å². The van der Waals surface area contributed by atoms with Gasteiger partial charge < -0.3 is 15.1 Å². The van der Waals surface area contributed by atoms with Crippen LogP contribution in [0.3, 0.4) is 0 Å². The zero-order valence-corrected chi connectivity index (χ0v) is 10.7. The third-order valence-corrected chi connectivity index (χ3v) is 2.38. The molecular formula is C11H19N5O2. The Morgan fingerprint density at radius 2 is 2.28 bits per heavy atom. The number of hydrazine groups is 1. The van der Waals surface area contributed by atoms with Crippen LogP contribution in [0.25, 0.3) is 0 Å². The summed E-state index contributed by atoms with van der Waals surface area (Å²) in [7, 11) is 0. The van der Waals surface area contributed by atoms with E-state index in [-0.39, 0.29) is 11.6 Å². The van der Waals surface area contributed by atoms with Crippen LogP contribution in [0.2, 0.25) is 0 Å². The van der Waals surface area contributed by atoms with E-state index in [9.17, 15) is 4.79 Å². The average Bonchev–Trinajstić information content (AvgIpc) is 2.43. The molecule has 0 aliphatic rings. The van der Waals surface area contributed by atoms with Gasteiger partial charge in [0.15, 0.2) is 5.82 Å². The van der Waals surface area contributed by atoms with Crippen LogP contribution < -0.4 is 11.3 Å². The number of nitrogens with two attached hydrogens (primary N) is 1. The molecule has 1 aromatic heterocycles. The number of likely N-dealkylation sites (N-methyl/N-ethyl adjacent to an activating group) is 1. The van der Waals surface area contributed by atoms with Crippen LogP contribution >= 0.6 is 0 Å². The summed E-state index contributed by atoms with van der Waals surface area (Å²) in [6, 6.07) is 0. The molecule has 0 aliphatic heterocycles. The SMILES string of the molecule is CCOCCN(CC)C(=O)c1cncc(NN)n1. The van der Waals surface area contributed by atoms with Gasteiger partial charge in [-0.15, -0.1) is 0 Å². The van der Waals surface area contributed by atoms with Crippen LogP contribution in [0, 0.1) is 0 Å². The Labute approximate surface area is 106 Å². The predicted molar refractivity (Wildman–Crippen MR) is 67.9 cm³/mol. The van der Waals surface area contributed by atoms with E-state index in [2.05, 4.69) is 15.4 Å². The molecule has 1 aromatic rings. The van der Waals surface area contributed by atoms with Crippen molar-refractivity contribution in [1.82, 2.24) is 14.9 Å². The molecule has 0 bridgehead atoms. The number of aromatic nitrogens is 2. The van der Waals surface area contributed by atoms with E-state index in [1.807, 2.05) is 13.8 Å². The zero-order chi connectivity index (χ0) is 13.4. The van der Waals surface area contributed by atoms with Gasteiger partial charge >= 0.3 is 0 Å². The van der Waals surface area contributed by atoms with Crippen molar-refractivity contribution < 1.29 is 9.53 Å². The van der Waals surface area contributed by atoms with E-state index >= 15 is 0 Å².